The van der Waals surface area contributed by atoms with Crippen LogP contribution in [0.3, 0.4) is 0 Å². The molecule has 2 aromatic carbocycles. The van der Waals surface area contributed by atoms with E-state index >= 15 is 0 Å². The standard InChI is InChI=1S/C21H24N2O3/c1-3-5-16-8-10-17(11-9-16)20(25)12-13-21(26)23-19-7-4-6-18(14-19)22-15(2)24/h4,6-11,14H,3,5,12-13H2,1-2H3,(H,22,24)(H,23,26). The third-order valence-corrected chi connectivity index (χ3v) is 3.86. The monoisotopic (exact) mass is 352 g/mol. The van der Waals surface area contributed by atoms with Crippen molar-refractivity contribution in [1.82, 2.24) is 0 Å². The largest absolute Gasteiger partial charge is 0.326 e. The molecule has 0 saturated heterocycles. The summed E-state index contributed by atoms with van der Waals surface area (Å²) in [6.45, 7) is 3.54. The summed E-state index contributed by atoms with van der Waals surface area (Å²) in [5.41, 5.74) is 3.03. The van der Waals surface area contributed by atoms with Gasteiger partial charge in [0.2, 0.25) is 11.8 Å². The first kappa shape index (κ1) is 19.4. The number of carbonyl (C=O) groups is 3. The van der Waals surface area contributed by atoms with Crippen molar-refractivity contribution in [2.45, 2.75) is 39.5 Å². The third-order valence-electron chi connectivity index (χ3n) is 3.86. The van der Waals surface area contributed by atoms with Crippen molar-refractivity contribution in [2.24, 2.45) is 0 Å². The van der Waals surface area contributed by atoms with Crippen molar-refractivity contribution < 1.29 is 14.4 Å². The van der Waals surface area contributed by atoms with Gasteiger partial charge in [-0.3, -0.25) is 14.4 Å². The molecule has 0 unspecified atom stereocenters. The van der Waals surface area contributed by atoms with Gasteiger partial charge >= 0.3 is 0 Å². The molecule has 136 valence electrons. The summed E-state index contributed by atoms with van der Waals surface area (Å²) in [5, 5.41) is 5.41. The topological polar surface area (TPSA) is 75.3 Å². The van der Waals surface area contributed by atoms with E-state index in [2.05, 4.69) is 17.6 Å². The number of nitrogens with one attached hydrogen (secondary N) is 2. The molecule has 0 bridgehead atoms. The van der Waals surface area contributed by atoms with Gasteiger partial charge in [-0.2, -0.15) is 0 Å². The molecule has 0 aliphatic heterocycles. The van der Waals surface area contributed by atoms with Gasteiger partial charge in [-0.05, 0) is 30.2 Å². The molecule has 2 rings (SSSR count). The highest BCUT2D eigenvalue weighted by Crippen LogP contribution is 2.16. The van der Waals surface area contributed by atoms with Gasteiger partial charge in [-0.1, -0.05) is 43.7 Å². The predicted octanol–water partition coefficient (Wildman–Crippen LogP) is 4.20. The lowest BCUT2D eigenvalue weighted by Gasteiger charge is -2.08. The highest BCUT2D eigenvalue weighted by Gasteiger charge is 2.10. The fraction of sp³-hybridized carbons (Fsp3) is 0.286. The number of hydrogen-bond donors (Lipinski definition) is 2. The first-order chi connectivity index (χ1) is 12.5. The van der Waals surface area contributed by atoms with E-state index in [1.165, 1.54) is 12.5 Å². The van der Waals surface area contributed by atoms with Crippen LogP contribution in [-0.2, 0) is 16.0 Å². The first-order valence-corrected chi connectivity index (χ1v) is 8.77. The average molecular weight is 352 g/mol. The molecule has 5 nitrogen and oxygen atoms in total. The van der Waals surface area contributed by atoms with Crippen LogP contribution in [0.15, 0.2) is 48.5 Å². The van der Waals surface area contributed by atoms with Crippen LogP contribution >= 0.6 is 0 Å². The lowest BCUT2D eigenvalue weighted by molar-refractivity contribution is -0.116. The van der Waals surface area contributed by atoms with Crippen LogP contribution in [0.5, 0.6) is 0 Å². The first-order valence-electron chi connectivity index (χ1n) is 8.77. The highest BCUT2D eigenvalue weighted by atomic mass is 16.2. The van der Waals surface area contributed by atoms with Gasteiger partial charge in [0, 0.05) is 36.7 Å². The van der Waals surface area contributed by atoms with Crippen LogP contribution in [0.25, 0.3) is 0 Å². The Bertz CT molecular complexity index is 782. The maximum absolute atomic E-state index is 12.2. The fourth-order valence-electron chi connectivity index (χ4n) is 2.62. The van der Waals surface area contributed by atoms with Crippen LogP contribution < -0.4 is 10.6 Å². The summed E-state index contributed by atoms with van der Waals surface area (Å²) in [6, 6.07) is 14.5. The van der Waals surface area contributed by atoms with Gasteiger partial charge in [0.05, 0.1) is 0 Å². The van der Waals surface area contributed by atoms with Crippen LogP contribution in [0.2, 0.25) is 0 Å². The van der Waals surface area contributed by atoms with Crippen molar-refractivity contribution in [2.75, 3.05) is 10.6 Å². The molecule has 2 aromatic rings. The molecule has 0 spiro atoms. The number of anilines is 2. The Hall–Kier alpha value is -2.95. The van der Waals surface area contributed by atoms with Gasteiger partial charge < -0.3 is 10.6 Å². The number of hydrogen-bond acceptors (Lipinski definition) is 3. The number of carbonyl (C=O) groups excluding carboxylic acids is 3. The molecular formula is C21H24N2O3. The molecule has 0 radical (unpaired) electrons. The zero-order valence-electron chi connectivity index (χ0n) is 15.2. The zero-order valence-corrected chi connectivity index (χ0v) is 15.2. The Balaban J connectivity index is 1.86. The molecule has 0 fully saturated rings. The lowest BCUT2D eigenvalue weighted by atomic mass is 10.0. The maximum Gasteiger partial charge on any atom is 0.224 e. The quantitative estimate of drug-likeness (QED) is 0.699. The molecular weight excluding hydrogens is 328 g/mol. The van der Waals surface area contributed by atoms with E-state index in [0.29, 0.717) is 16.9 Å². The van der Waals surface area contributed by atoms with Crippen molar-refractivity contribution in [3.8, 4) is 0 Å². The van der Waals surface area contributed by atoms with E-state index in [1.807, 2.05) is 24.3 Å². The Morgan fingerprint density at radius 3 is 2.15 bits per heavy atom. The Kier molecular flexibility index (Phi) is 7.09. The van der Waals surface area contributed by atoms with E-state index in [-0.39, 0.29) is 30.4 Å². The molecule has 0 aliphatic carbocycles. The third kappa shape index (κ3) is 6.16. The predicted molar refractivity (Wildman–Crippen MR) is 103 cm³/mol. The molecule has 0 heterocycles. The summed E-state index contributed by atoms with van der Waals surface area (Å²) in [5.74, 6) is -0.458. The summed E-state index contributed by atoms with van der Waals surface area (Å²) in [7, 11) is 0. The fourth-order valence-corrected chi connectivity index (χ4v) is 2.62. The molecule has 2 amide bonds. The molecule has 2 N–H and O–H groups in total. The SMILES string of the molecule is CCCc1ccc(C(=O)CCC(=O)Nc2cccc(NC(C)=O)c2)cc1. The molecule has 0 atom stereocenters. The second-order valence-corrected chi connectivity index (χ2v) is 6.18. The van der Waals surface area contributed by atoms with Crippen LogP contribution in [0, 0.1) is 0 Å². The Morgan fingerprint density at radius 2 is 1.54 bits per heavy atom. The van der Waals surface area contributed by atoms with Crippen LogP contribution in [-0.4, -0.2) is 17.6 Å². The van der Waals surface area contributed by atoms with Crippen molar-refractivity contribution in [3.63, 3.8) is 0 Å². The minimum absolute atomic E-state index is 0.0461. The average Bonchev–Trinajstić information content (AvgIpc) is 2.60. The molecule has 0 saturated carbocycles. The highest BCUT2D eigenvalue weighted by molar-refractivity contribution is 6.00. The summed E-state index contributed by atoms with van der Waals surface area (Å²) in [6.07, 6.45) is 2.33. The van der Waals surface area contributed by atoms with Crippen molar-refractivity contribution in [1.29, 1.82) is 0 Å². The molecule has 26 heavy (non-hydrogen) atoms. The minimum atomic E-state index is -0.235. The number of amides is 2. The van der Waals surface area contributed by atoms with E-state index < -0.39 is 0 Å². The lowest BCUT2D eigenvalue weighted by Crippen LogP contribution is -2.14. The summed E-state index contributed by atoms with van der Waals surface area (Å²) < 4.78 is 0. The van der Waals surface area contributed by atoms with E-state index in [9.17, 15) is 14.4 Å². The van der Waals surface area contributed by atoms with Crippen LogP contribution in [0.1, 0.15) is 49.0 Å². The Morgan fingerprint density at radius 1 is 0.885 bits per heavy atom. The van der Waals surface area contributed by atoms with E-state index in [1.54, 1.807) is 24.3 Å². The van der Waals surface area contributed by atoms with Gasteiger partial charge in [-0.25, -0.2) is 0 Å². The van der Waals surface area contributed by atoms with Gasteiger partial charge in [0.1, 0.15) is 0 Å². The maximum atomic E-state index is 12.2. The summed E-state index contributed by atoms with van der Waals surface area (Å²) in [4.78, 5) is 35.4. The van der Waals surface area contributed by atoms with E-state index in [0.717, 1.165) is 12.8 Å². The van der Waals surface area contributed by atoms with Gasteiger partial charge in [0.25, 0.3) is 0 Å². The van der Waals surface area contributed by atoms with Crippen LogP contribution in [0.4, 0.5) is 11.4 Å². The van der Waals surface area contributed by atoms with Crippen molar-refractivity contribution in [3.05, 3.63) is 59.7 Å². The second-order valence-electron chi connectivity index (χ2n) is 6.18. The number of rotatable bonds is 8. The zero-order chi connectivity index (χ0) is 18.9. The number of aryl methyl sites for hydroxylation is 1. The minimum Gasteiger partial charge on any atom is -0.326 e. The van der Waals surface area contributed by atoms with E-state index in [4.69, 9.17) is 0 Å². The Labute approximate surface area is 153 Å². The van der Waals surface area contributed by atoms with Crippen molar-refractivity contribution >= 4 is 29.0 Å². The molecule has 0 aromatic heterocycles. The van der Waals surface area contributed by atoms with Gasteiger partial charge in [0.15, 0.2) is 5.78 Å². The molecule has 5 heteroatoms. The summed E-state index contributed by atoms with van der Waals surface area (Å²) >= 11 is 0. The second kappa shape index (κ2) is 9.51. The smallest absolute Gasteiger partial charge is 0.224 e. The normalized spacial score (nSPS) is 10.2. The molecule has 0 aliphatic rings. The number of Topliss-reactive ketones (excluding diaryl/α,β-unsaturated/α-hetero) is 1. The number of ketones is 1. The number of benzene rings is 2. The van der Waals surface area contributed by atoms with Gasteiger partial charge in [-0.15, -0.1) is 0 Å².